The minimum atomic E-state index is -0.616. The van der Waals surface area contributed by atoms with E-state index in [9.17, 15) is 9.59 Å². The van der Waals surface area contributed by atoms with Gasteiger partial charge in [0, 0.05) is 16.7 Å². The standard InChI is InChI=1S/C20H20N2O2/c23-19-17(15-9-11-5-1-3-7-13(11)21-15)20(24)18(19)16-10-12-6-2-4-8-14(12)22-16/h7,9-10,18,21-22H,1-6,8H2. The minimum Gasteiger partial charge on any atom is -0.361 e. The zero-order valence-corrected chi connectivity index (χ0v) is 13.6. The molecule has 2 aromatic heterocycles. The lowest BCUT2D eigenvalue weighted by Crippen LogP contribution is -2.42. The molecule has 2 aromatic rings. The Morgan fingerprint density at radius 1 is 0.875 bits per heavy atom. The number of hydrogen-bond acceptors (Lipinski definition) is 2. The number of aryl methyl sites for hydroxylation is 3. The third-order valence-corrected chi connectivity index (χ3v) is 5.67. The highest BCUT2D eigenvalue weighted by molar-refractivity contribution is 6.58. The summed E-state index contributed by atoms with van der Waals surface area (Å²) in [5.41, 5.74) is 4.88. The predicted octanol–water partition coefficient (Wildman–Crippen LogP) is 1.42. The van der Waals surface area contributed by atoms with Crippen LogP contribution in [0.1, 0.15) is 54.1 Å². The Morgan fingerprint density at radius 2 is 1.67 bits per heavy atom. The molecule has 1 fully saturated rings. The lowest BCUT2D eigenvalue weighted by atomic mass is 9.74. The molecule has 0 atom stereocenters. The molecule has 3 aliphatic carbocycles. The lowest BCUT2D eigenvalue weighted by Gasteiger charge is -2.24. The van der Waals surface area contributed by atoms with Crippen molar-refractivity contribution in [2.45, 2.75) is 50.9 Å². The molecule has 0 radical (unpaired) electrons. The van der Waals surface area contributed by atoms with E-state index in [0.29, 0.717) is 10.9 Å². The van der Waals surface area contributed by atoms with E-state index in [2.05, 4.69) is 16.0 Å². The number of H-pyrrole nitrogens is 2. The Balaban J connectivity index is 1.54. The monoisotopic (exact) mass is 320 g/mol. The van der Waals surface area contributed by atoms with Crippen LogP contribution < -0.4 is 10.7 Å². The van der Waals surface area contributed by atoms with E-state index in [1.165, 1.54) is 29.7 Å². The first kappa shape index (κ1) is 14.0. The van der Waals surface area contributed by atoms with Crippen LogP contribution >= 0.6 is 0 Å². The Hall–Kier alpha value is -2.36. The van der Waals surface area contributed by atoms with Crippen molar-refractivity contribution in [3.8, 4) is 0 Å². The van der Waals surface area contributed by atoms with Gasteiger partial charge in [0.25, 0.3) is 0 Å². The van der Waals surface area contributed by atoms with E-state index < -0.39 is 5.92 Å². The number of rotatable bonds is 1. The predicted molar refractivity (Wildman–Crippen MR) is 91.0 cm³/mol. The molecule has 4 heteroatoms. The van der Waals surface area contributed by atoms with Crippen LogP contribution in [0.2, 0.25) is 0 Å². The van der Waals surface area contributed by atoms with Crippen LogP contribution in [-0.2, 0) is 28.9 Å². The van der Waals surface area contributed by atoms with Gasteiger partial charge in [0.15, 0.2) is 11.6 Å². The summed E-state index contributed by atoms with van der Waals surface area (Å²) in [5.74, 6) is -0.704. The SMILES string of the molecule is O=C1C(=c2cc3c([nH]2)=CCCC3)C(=O)C1c1cc2c([nH]1)CCCC2. The van der Waals surface area contributed by atoms with Gasteiger partial charge in [0.05, 0.1) is 10.9 Å². The van der Waals surface area contributed by atoms with Crippen molar-refractivity contribution in [1.29, 1.82) is 0 Å². The van der Waals surface area contributed by atoms with Crippen LogP contribution in [-0.4, -0.2) is 21.5 Å². The number of carbonyl (C=O) groups is 2. The van der Waals surface area contributed by atoms with Gasteiger partial charge in [-0.1, -0.05) is 6.08 Å². The van der Waals surface area contributed by atoms with Gasteiger partial charge in [-0.2, -0.15) is 0 Å². The number of Topliss-reactive ketones (excluding diaryl/α,β-unsaturated/α-hetero) is 2. The fourth-order valence-electron chi connectivity index (χ4n) is 4.36. The number of ketones is 2. The van der Waals surface area contributed by atoms with E-state index in [1.54, 1.807) is 0 Å². The maximum absolute atomic E-state index is 12.7. The largest absolute Gasteiger partial charge is 0.361 e. The molecule has 0 unspecified atom stereocenters. The fourth-order valence-corrected chi connectivity index (χ4v) is 4.36. The second-order valence-electron chi connectivity index (χ2n) is 7.19. The summed E-state index contributed by atoms with van der Waals surface area (Å²) in [4.78, 5) is 32.0. The summed E-state index contributed by atoms with van der Waals surface area (Å²) >= 11 is 0. The van der Waals surface area contributed by atoms with Crippen LogP contribution in [0.3, 0.4) is 0 Å². The maximum Gasteiger partial charge on any atom is 0.185 e. The van der Waals surface area contributed by atoms with Gasteiger partial charge in [-0.3, -0.25) is 9.59 Å². The van der Waals surface area contributed by atoms with Crippen LogP contribution in [0.5, 0.6) is 0 Å². The summed E-state index contributed by atoms with van der Waals surface area (Å²) in [5, 5.41) is 1.80. The summed E-state index contributed by atoms with van der Waals surface area (Å²) in [7, 11) is 0. The average molecular weight is 320 g/mol. The molecule has 3 aliphatic rings. The third-order valence-electron chi connectivity index (χ3n) is 5.67. The summed E-state index contributed by atoms with van der Waals surface area (Å²) in [6.07, 6.45) is 9.83. The number of fused-ring (bicyclic) bond motifs is 2. The van der Waals surface area contributed by atoms with Gasteiger partial charge in [-0.15, -0.1) is 0 Å². The Kier molecular flexibility index (Phi) is 2.96. The first-order chi connectivity index (χ1) is 11.7. The van der Waals surface area contributed by atoms with Crippen molar-refractivity contribution in [2.24, 2.45) is 0 Å². The topological polar surface area (TPSA) is 65.7 Å². The Morgan fingerprint density at radius 3 is 2.46 bits per heavy atom. The summed E-state index contributed by atoms with van der Waals surface area (Å²) < 4.78 is 0. The fraction of sp³-hybridized carbons (Fsp3) is 0.400. The minimum absolute atomic E-state index is 0.0443. The first-order valence-electron chi connectivity index (χ1n) is 8.94. The molecule has 2 heterocycles. The molecule has 0 spiro atoms. The quantitative estimate of drug-likeness (QED) is 0.781. The van der Waals surface area contributed by atoms with Gasteiger partial charge in [-0.25, -0.2) is 0 Å². The highest BCUT2D eigenvalue weighted by Gasteiger charge is 2.46. The second kappa shape index (κ2) is 5.07. The van der Waals surface area contributed by atoms with Gasteiger partial charge < -0.3 is 9.97 Å². The molecule has 0 amide bonds. The van der Waals surface area contributed by atoms with E-state index in [1.807, 2.05) is 12.1 Å². The van der Waals surface area contributed by atoms with Crippen LogP contribution in [0.15, 0.2) is 12.1 Å². The second-order valence-corrected chi connectivity index (χ2v) is 7.19. The van der Waals surface area contributed by atoms with Crippen molar-refractivity contribution >= 4 is 23.2 Å². The maximum atomic E-state index is 12.7. The molecule has 0 saturated heterocycles. The smallest absolute Gasteiger partial charge is 0.185 e. The zero-order valence-electron chi connectivity index (χ0n) is 13.6. The van der Waals surface area contributed by atoms with Crippen molar-refractivity contribution < 1.29 is 9.59 Å². The van der Waals surface area contributed by atoms with Gasteiger partial charge in [0.1, 0.15) is 5.92 Å². The molecule has 122 valence electrons. The van der Waals surface area contributed by atoms with Crippen LogP contribution in [0, 0.1) is 0 Å². The molecule has 0 bridgehead atoms. The van der Waals surface area contributed by atoms with Gasteiger partial charge in [-0.05, 0) is 68.2 Å². The van der Waals surface area contributed by atoms with Crippen LogP contribution in [0.25, 0.3) is 11.6 Å². The number of aromatic nitrogens is 2. The van der Waals surface area contributed by atoms with Crippen molar-refractivity contribution in [3.63, 3.8) is 0 Å². The summed E-state index contributed by atoms with van der Waals surface area (Å²) in [6.45, 7) is 0. The molecular weight excluding hydrogens is 300 g/mol. The molecule has 0 aliphatic heterocycles. The van der Waals surface area contributed by atoms with Crippen molar-refractivity contribution in [2.75, 3.05) is 0 Å². The van der Waals surface area contributed by atoms with Gasteiger partial charge >= 0.3 is 0 Å². The molecule has 1 saturated carbocycles. The Bertz CT molecular complexity index is 948. The highest BCUT2D eigenvalue weighted by Crippen LogP contribution is 2.36. The first-order valence-corrected chi connectivity index (χ1v) is 8.94. The molecule has 4 nitrogen and oxygen atoms in total. The molecule has 2 N–H and O–H groups in total. The zero-order chi connectivity index (χ0) is 16.3. The number of carbonyl (C=O) groups excluding carboxylic acids is 2. The number of hydrogen-bond donors (Lipinski definition) is 2. The van der Waals surface area contributed by atoms with Gasteiger partial charge in [0.2, 0.25) is 0 Å². The van der Waals surface area contributed by atoms with Crippen molar-refractivity contribution in [3.05, 3.63) is 45.3 Å². The summed E-state index contributed by atoms with van der Waals surface area (Å²) in [6, 6.07) is 4.03. The Labute approximate surface area is 139 Å². The number of aromatic amines is 2. The third kappa shape index (κ3) is 1.92. The average Bonchev–Trinajstić information content (AvgIpc) is 3.17. The van der Waals surface area contributed by atoms with E-state index in [-0.39, 0.29) is 11.6 Å². The molecule has 24 heavy (non-hydrogen) atoms. The molecular formula is C20H20N2O2. The van der Waals surface area contributed by atoms with E-state index in [4.69, 9.17) is 0 Å². The normalized spacial score (nSPS) is 22.7. The molecule has 0 aromatic carbocycles. The van der Waals surface area contributed by atoms with Crippen molar-refractivity contribution in [1.82, 2.24) is 9.97 Å². The lowest BCUT2D eigenvalue weighted by molar-refractivity contribution is -0.129. The molecule has 5 rings (SSSR count). The number of nitrogens with one attached hydrogen (secondary N) is 2. The van der Waals surface area contributed by atoms with E-state index >= 15 is 0 Å². The van der Waals surface area contributed by atoms with E-state index in [0.717, 1.165) is 43.1 Å². The van der Waals surface area contributed by atoms with Crippen LogP contribution in [0.4, 0.5) is 0 Å². The highest BCUT2D eigenvalue weighted by atomic mass is 16.2.